The molecule has 0 radical (unpaired) electrons. The van der Waals surface area contributed by atoms with E-state index in [0.717, 1.165) is 18.4 Å². The van der Waals surface area contributed by atoms with Crippen LogP contribution < -0.4 is 5.73 Å². The Morgan fingerprint density at radius 3 is 2.71 bits per heavy atom. The molecule has 14 heavy (non-hydrogen) atoms. The van der Waals surface area contributed by atoms with Crippen LogP contribution in [0.15, 0.2) is 24.3 Å². The maximum absolute atomic E-state index is 10.5. The molecule has 1 fully saturated rings. The van der Waals surface area contributed by atoms with Crippen LogP contribution >= 0.6 is 0 Å². The molecule has 0 bridgehead atoms. The van der Waals surface area contributed by atoms with Crippen LogP contribution in [0.3, 0.4) is 0 Å². The molecule has 0 atom stereocenters. The molecule has 1 aliphatic carbocycles. The third kappa shape index (κ3) is 1.61. The highest BCUT2D eigenvalue weighted by atomic mass is 16.6. The molecule has 1 aromatic rings. The van der Waals surface area contributed by atoms with Gasteiger partial charge >= 0.3 is 0 Å². The number of rotatable bonds is 2. The lowest BCUT2D eigenvalue weighted by Gasteiger charge is -2.32. The summed E-state index contributed by atoms with van der Waals surface area (Å²) in [4.78, 5) is 10.2. The first-order valence-electron chi connectivity index (χ1n) is 4.67. The molecule has 0 aliphatic heterocycles. The second-order valence-corrected chi connectivity index (χ2v) is 3.78. The number of nitrogens with two attached hydrogens (primary N) is 1. The van der Waals surface area contributed by atoms with E-state index in [1.807, 2.05) is 6.07 Å². The lowest BCUT2D eigenvalue weighted by molar-refractivity contribution is -0.384. The Balaban J connectivity index is 2.18. The first kappa shape index (κ1) is 9.15. The molecule has 0 saturated heterocycles. The Morgan fingerprint density at radius 1 is 1.43 bits per heavy atom. The van der Waals surface area contributed by atoms with Crippen molar-refractivity contribution in [3.8, 4) is 0 Å². The van der Waals surface area contributed by atoms with E-state index in [0.29, 0.717) is 5.92 Å². The van der Waals surface area contributed by atoms with Crippen molar-refractivity contribution >= 4 is 5.69 Å². The average molecular weight is 192 g/mol. The molecular formula is C10H12N2O2. The number of benzene rings is 1. The molecule has 1 aromatic carbocycles. The van der Waals surface area contributed by atoms with Gasteiger partial charge in [0, 0.05) is 18.2 Å². The van der Waals surface area contributed by atoms with Crippen LogP contribution in [0.1, 0.15) is 24.3 Å². The van der Waals surface area contributed by atoms with Crippen LogP contribution in [0.25, 0.3) is 0 Å². The van der Waals surface area contributed by atoms with Crippen LogP contribution in [0, 0.1) is 10.1 Å². The van der Waals surface area contributed by atoms with Gasteiger partial charge in [-0.25, -0.2) is 0 Å². The molecule has 0 unspecified atom stereocenters. The predicted octanol–water partition coefficient (Wildman–Crippen LogP) is 1.80. The molecule has 0 heterocycles. The fraction of sp³-hybridized carbons (Fsp3) is 0.400. The van der Waals surface area contributed by atoms with Crippen LogP contribution in [0.2, 0.25) is 0 Å². The van der Waals surface area contributed by atoms with Gasteiger partial charge in [0.1, 0.15) is 0 Å². The van der Waals surface area contributed by atoms with Gasteiger partial charge in [-0.3, -0.25) is 10.1 Å². The lowest BCUT2D eigenvalue weighted by Crippen LogP contribution is -2.34. The summed E-state index contributed by atoms with van der Waals surface area (Å²) in [5, 5.41) is 10.5. The van der Waals surface area contributed by atoms with Crippen LogP contribution in [0.4, 0.5) is 5.69 Å². The van der Waals surface area contributed by atoms with Gasteiger partial charge in [-0.2, -0.15) is 0 Å². The van der Waals surface area contributed by atoms with Crippen molar-refractivity contribution in [2.24, 2.45) is 5.73 Å². The van der Waals surface area contributed by atoms with Gasteiger partial charge in [0.25, 0.3) is 5.69 Å². The summed E-state index contributed by atoms with van der Waals surface area (Å²) in [6, 6.07) is 7.11. The number of nitro benzene ring substituents is 1. The fourth-order valence-corrected chi connectivity index (χ4v) is 1.83. The molecule has 74 valence electrons. The number of hydrogen-bond donors (Lipinski definition) is 1. The van der Waals surface area contributed by atoms with Crippen LogP contribution in [-0.2, 0) is 0 Å². The highest BCUT2D eigenvalue weighted by molar-refractivity contribution is 5.37. The van der Waals surface area contributed by atoms with Gasteiger partial charge in [-0.05, 0) is 24.3 Å². The summed E-state index contributed by atoms with van der Waals surface area (Å²) in [6.45, 7) is 0. The zero-order valence-electron chi connectivity index (χ0n) is 7.72. The molecule has 0 spiro atoms. The van der Waals surface area contributed by atoms with Gasteiger partial charge in [-0.15, -0.1) is 0 Å². The lowest BCUT2D eigenvalue weighted by atomic mass is 9.76. The van der Waals surface area contributed by atoms with Gasteiger partial charge in [-0.1, -0.05) is 12.1 Å². The minimum atomic E-state index is -0.359. The summed E-state index contributed by atoms with van der Waals surface area (Å²) in [5.41, 5.74) is 6.88. The Bertz CT molecular complexity index is 359. The van der Waals surface area contributed by atoms with E-state index in [-0.39, 0.29) is 16.7 Å². The van der Waals surface area contributed by atoms with Gasteiger partial charge in [0.05, 0.1) is 4.92 Å². The van der Waals surface area contributed by atoms with Crippen molar-refractivity contribution in [2.75, 3.05) is 0 Å². The molecule has 2 N–H and O–H groups in total. The highest BCUT2D eigenvalue weighted by Gasteiger charge is 2.27. The monoisotopic (exact) mass is 192 g/mol. The second-order valence-electron chi connectivity index (χ2n) is 3.78. The van der Waals surface area contributed by atoms with Crippen molar-refractivity contribution in [1.29, 1.82) is 0 Å². The number of nitrogens with zero attached hydrogens (tertiary/aromatic N) is 1. The minimum absolute atomic E-state index is 0.169. The highest BCUT2D eigenvalue weighted by Crippen LogP contribution is 2.36. The van der Waals surface area contributed by atoms with Gasteiger partial charge < -0.3 is 5.73 Å². The quantitative estimate of drug-likeness (QED) is 0.573. The number of nitro groups is 1. The van der Waals surface area contributed by atoms with Crippen LogP contribution in [0.5, 0.6) is 0 Å². The van der Waals surface area contributed by atoms with E-state index in [1.165, 1.54) is 6.07 Å². The van der Waals surface area contributed by atoms with Crippen molar-refractivity contribution in [3.63, 3.8) is 0 Å². The standard InChI is InChI=1S/C10H12N2O2/c11-9-4-8(5-9)7-2-1-3-10(6-7)12(13)14/h1-3,6,8-9H,4-5,11H2. The predicted molar refractivity (Wildman–Crippen MR) is 53.0 cm³/mol. The first-order chi connectivity index (χ1) is 6.66. The molecule has 0 aromatic heterocycles. The van der Waals surface area contributed by atoms with Crippen molar-refractivity contribution < 1.29 is 4.92 Å². The van der Waals surface area contributed by atoms with E-state index < -0.39 is 0 Å². The molecular weight excluding hydrogens is 180 g/mol. The molecule has 0 amide bonds. The van der Waals surface area contributed by atoms with E-state index >= 15 is 0 Å². The fourth-order valence-electron chi connectivity index (χ4n) is 1.83. The second kappa shape index (κ2) is 3.38. The van der Waals surface area contributed by atoms with Gasteiger partial charge in [0.2, 0.25) is 0 Å². The zero-order valence-corrected chi connectivity index (χ0v) is 7.72. The number of non-ortho nitro benzene ring substituents is 1. The summed E-state index contributed by atoms with van der Waals surface area (Å²) >= 11 is 0. The number of hydrogen-bond acceptors (Lipinski definition) is 3. The third-order valence-electron chi connectivity index (χ3n) is 2.73. The third-order valence-corrected chi connectivity index (χ3v) is 2.73. The van der Waals surface area contributed by atoms with Crippen molar-refractivity contribution in [1.82, 2.24) is 0 Å². The maximum Gasteiger partial charge on any atom is 0.269 e. The van der Waals surface area contributed by atoms with Crippen molar-refractivity contribution in [2.45, 2.75) is 24.8 Å². The summed E-state index contributed by atoms with van der Waals surface area (Å²) in [7, 11) is 0. The molecule has 4 nitrogen and oxygen atoms in total. The largest absolute Gasteiger partial charge is 0.328 e. The maximum atomic E-state index is 10.5. The first-order valence-corrected chi connectivity index (χ1v) is 4.67. The summed E-state index contributed by atoms with van der Waals surface area (Å²) in [6.07, 6.45) is 1.89. The zero-order chi connectivity index (χ0) is 10.1. The van der Waals surface area contributed by atoms with Crippen molar-refractivity contribution in [3.05, 3.63) is 39.9 Å². The average Bonchev–Trinajstić information content (AvgIpc) is 2.13. The summed E-state index contributed by atoms with van der Waals surface area (Å²) in [5.74, 6) is 0.421. The molecule has 1 saturated carbocycles. The van der Waals surface area contributed by atoms with E-state index in [2.05, 4.69) is 0 Å². The summed E-state index contributed by atoms with van der Waals surface area (Å²) < 4.78 is 0. The Kier molecular flexibility index (Phi) is 2.21. The van der Waals surface area contributed by atoms with E-state index in [4.69, 9.17) is 5.73 Å². The van der Waals surface area contributed by atoms with E-state index in [1.54, 1.807) is 12.1 Å². The topological polar surface area (TPSA) is 69.2 Å². The molecule has 1 aliphatic rings. The SMILES string of the molecule is NC1CC(c2cccc([N+](=O)[O-])c2)C1. The Labute approximate surface area is 81.9 Å². The minimum Gasteiger partial charge on any atom is -0.328 e. The molecule has 2 rings (SSSR count). The van der Waals surface area contributed by atoms with Crippen LogP contribution in [-0.4, -0.2) is 11.0 Å². The Morgan fingerprint density at radius 2 is 2.14 bits per heavy atom. The molecule has 4 heteroatoms. The normalized spacial score (nSPS) is 25.5. The Hall–Kier alpha value is -1.42. The van der Waals surface area contributed by atoms with Gasteiger partial charge in [0.15, 0.2) is 0 Å². The smallest absolute Gasteiger partial charge is 0.269 e. The van der Waals surface area contributed by atoms with E-state index in [9.17, 15) is 10.1 Å².